The first-order valence-electron chi connectivity index (χ1n) is 6.87. The molecule has 0 saturated heterocycles. The van der Waals surface area contributed by atoms with Crippen molar-refractivity contribution >= 4 is 24.0 Å². The molecule has 0 fully saturated rings. The number of anilines is 1. The van der Waals surface area contributed by atoms with E-state index in [1.807, 2.05) is 0 Å². The molecular formula is C14H14ClF3N4O2. The lowest BCUT2D eigenvalue weighted by molar-refractivity contribution is -0.0495. The molecule has 6 nitrogen and oxygen atoms in total. The van der Waals surface area contributed by atoms with Gasteiger partial charge in [0.15, 0.2) is 11.4 Å². The zero-order valence-electron chi connectivity index (χ0n) is 12.2. The van der Waals surface area contributed by atoms with Crippen molar-refractivity contribution in [2.45, 2.75) is 19.6 Å². The summed E-state index contributed by atoms with van der Waals surface area (Å²) in [4.78, 5) is 12.3. The van der Waals surface area contributed by atoms with Gasteiger partial charge < -0.3 is 15.4 Å². The van der Waals surface area contributed by atoms with Crippen LogP contribution in [0.4, 0.5) is 18.9 Å². The number of hydrogen-bond donors (Lipinski definition) is 3. The molecule has 1 aromatic heterocycles. The lowest BCUT2D eigenvalue weighted by Gasteiger charge is -2.14. The van der Waals surface area contributed by atoms with Crippen molar-refractivity contribution in [2.24, 2.45) is 0 Å². The highest BCUT2D eigenvalue weighted by Crippen LogP contribution is 2.28. The molecule has 0 bridgehead atoms. The molecule has 0 atom stereocenters. The maximum atomic E-state index is 13.2. The predicted molar refractivity (Wildman–Crippen MR) is 82.2 cm³/mol. The largest absolute Gasteiger partial charge is 0.432 e. The average molecular weight is 363 g/mol. The fourth-order valence-electron chi connectivity index (χ4n) is 2.39. The second-order valence-electron chi connectivity index (χ2n) is 4.93. The van der Waals surface area contributed by atoms with Crippen LogP contribution in [0.3, 0.4) is 0 Å². The van der Waals surface area contributed by atoms with Crippen molar-refractivity contribution in [1.82, 2.24) is 15.5 Å². The summed E-state index contributed by atoms with van der Waals surface area (Å²) >= 11 is 0. The maximum absolute atomic E-state index is 13.2. The normalized spacial score (nSPS) is 13.2. The third kappa shape index (κ3) is 3.80. The summed E-state index contributed by atoms with van der Waals surface area (Å²) in [6.07, 6.45) is 0.714. The van der Waals surface area contributed by atoms with E-state index in [4.69, 9.17) is 0 Å². The number of carbonyl (C=O) groups is 1. The predicted octanol–water partition coefficient (Wildman–Crippen LogP) is 2.47. The third-order valence-corrected chi connectivity index (χ3v) is 3.43. The highest BCUT2D eigenvalue weighted by molar-refractivity contribution is 6.04. The van der Waals surface area contributed by atoms with E-state index in [1.165, 1.54) is 0 Å². The molecule has 2 heterocycles. The minimum atomic E-state index is -3.13. The van der Waals surface area contributed by atoms with Crippen LogP contribution in [0.5, 0.6) is 5.75 Å². The molecule has 1 aromatic carbocycles. The number of fused-ring (bicyclic) bond motifs is 1. The van der Waals surface area contributed by atoms with Crippen molar-refractivity contribution in [2.75, 3.05) is 11.9 Å². The van der Waals surface area contributed by atoms with Gasteiger partial charge in [0.2, 0.25) is 0 Å². The van der Waals surface area contributed by atoms with Gasteiger partial charge in [0, 0.05) is 36.8 Å². The van der Waals surface area contributed by atoms with Gasteiger partial charge in [-0.05, 0) is 12.1 Å². The highest BCUT2D eigenvalue weighted by Gasteiger charge is 2.22. The fraction of sp³-hybridized carbons (Fsp3) is 0.286. The number of alkyl halides is 2. The minimum absolute atomic E-state index is 0. The molecule has 10 heteroatoms. The van der Waals surface area contributed by atoms with Gasteiger partial charge >= 0.3 is 6.61 Å². The number of ether oxygens (including phenoxy) is 1. The van der Waals surface area contributed by atoms with Crippen LogP contribution in [0.1, 0.15) is 21.7 Å². The van der Waals surface area contributed by atoms with Gasteiger partial charge in [-0.15, -0.1) is 12.4 Å². The Hall–Kier alpha value is -2.26. The van der Waals surface area contributed by atoms with Crippen molar-refractivity contribution in [1.29, 1.82) is 0 Å². The van der Waals surface area contributed by atoms with E-state index in [1.54, 1.807) is 0 Å². The standard InChI is InChI=1S/C14H13F3N4O2.ClH/c15-7-1-2-10(11(5-7)23-14(16)17)19-13(22)12-8-6-18-4-3-9(8)20-21-12;/h1-2,5,14,18H,3-4,6H2,(H,19,22)(H,20,21);1H. The number of nitrogens with zero attached hydrogens (tertiary/aromatic N) is 1. The molecule has 24 heavy (non-hydrogen) atoms. The number of hydrogen-bond acceptors (Lipinski definition) is 4. The van der Waals surface area contributed by atoms with E-state index in [9.17, 15) is 18.0 Å². The SMILES string of the molecule is Cl.O=C(Nc1ccc(F)cc1OC(F)F)c1n[nH]c2c1CNCC2. The van der Waals surface area contributed by atoms with Gasteiger partial charge in [-0.2, -0.15) is 13.9 Å². The van der Waals surface area contributed by atoms with Crippen LogP contribution < -0.4 is 15.4 Å². The first kappa shape index (κ1) is 18.1. The molecule has 2 aromatic rings. The van der Waals surface area contributed by atoms with Gasteiger partial charge in [-0.1, -0.05) is 0 Å². The van der Waals surface area contributed by atoms with E-state index in [-0.39, 0.29) is 23.8 Å². The zero-order chi connectivity index (χ0) is 16.4. The molecule has 0 spiro atoms. The maximum Gasteiger partial charge on any atom is 0.387 e. The smallest absolute Gasteiger partial charge is 0.387 e. The Kier molecular flexibility index (Phi) is 5.68. The van der Waals surface area contributed by atoms with Crippen molar-refractivity contribution in [3.05, 3.63) is 41.0 Å². The van der Waals surface area contributed by atoms with E-state index in [2.05, 4.69) is 25.6 Å². The molecule has 0 aliphatic carbocycles. The Morgan fingerprint density at radius 3 is 2.92 bits per heavy atom. The van der Waals surface area contributed by atoms with Gasteiger partial charge in [0.05, 0.1) is 5.69 Å². The van der Waals surface area contributed by atoms with Gasteiger partial charge in [-0.3, -0.25) is 9.89 Å². The molecule has 1 amide bonds. The monoisotopic (exact) mass is 362 g/mol. The number of nitrogens with one attached hydrogen (secondary N) is 3. The molecule has 1 aliphatic heterocycles. The first-order chi connectivity index (χ1) is 11.0. The van der Waals surface area contributed by atoms with Crippen LogP contribution in [0.2, 0.25) is 0 Å². The van der Waals surface area contributed by atoms with E-state index in [0.717, 1.165) is 36.0 Å². The van der Waals surface area contributed by atoms with Crippen molar-refractivity contribution in [3.63, 3.8) is 0 Å². The number of aromatic amines is 1. The Morgan fingerprint density at radius 1 is 1.38 bits per heavy atom. The van der Waals surface area contributed by atoms with Crippen molar-refractivity contribution < 1.29 is 22.7 Å². The van der Waals surface area contributed by atoms with Crippen LogP contribution in [0, 0.1) is 5.82 Å². The molecule has 0 saturated carbocycles. The number of aromatic nitrogens is 2. The Morgan fingerprint density at radius 2 is 2.17 bits per heavy atom. The van der Waals surface area contributed by atoms with E-state index < -0.39 is 24.1 Å². The Labute approximate surface area is 141 Å². The summed E-state index contributed by atoms with van der Waals surface area (Å²) in [6, 6.07) is 2.97. The molecule has 3 N–H and O–H groups in total. The number of amides is 1. The van der Waals surface area contributed by atoms with Crippen LogP contribution in [-0.4, -0.2) is 29.3 Å². The Bertz CT molecular complexity index is 739. The van der Waals surface area contributed by atoms with Gasteiger partial charge in [-0.25, -0.2) is 4.39 Å². The van der Waals surface area contributed by atoms with Crippen molar-refractivity contribution in [3.8, 4) is 5.75 Å². The zero-order valence-corrected chi connectivity index (χ0v) is 13.1. The van der Waals surface area contributed by atoms with Crippen LogP contribution in [0.25, 0.3) is 0 Å². The quantitative estimate of drug-likeness (QED) is 0.780. The molecule has 3 rings (SSSR count). The second kappa shape index (κ2) is 7.54. The number of benzene rings is 1. The Balaban J connectivity index is 0.00000208. The molecular weight excluding hydrogens is 349 g/mol. The van der Waals surface area contributed by atoms with Gasteiger partial charge in [0.25, 0.3) is 5.91 Å². The average Bonchev–Trinajstić information content (AvgIpc) is 2.93. The summed E-state index contributed by atoms with van der Waals surface area (Å²) in [5, 5.41) is 12.3. The third-order valence-electron chi connectivity index (χ3n) is 3.43. The lowest BCUT2D eigenvalue weighted by Crippen LogP contribution is -2.25. The fourth-order valence-corrected chi connectivity index (χ4v) is 2.39. The van der Waals surface area contributed by atoms with Gasteiger partial charge in [0.1, 0.15) is 5.82 Å². The van der Waals surface area contributed by atoms with E-state index in [0.29, 0.717) is 13.0 Å². The first-order valence-corrected chi connectivity index (χ1v) is 6.87. The number of rotatable bonds is 4. The number of halogens is 4. The summed E-state index contributed by atoms with van der Waals surface area (Å²) < 4.78 is 42.2. The summed E-state index contributed by atoms with van der Waals surface area (Å²) in [5.74, 6) is -1.78. The topological polar surface area (TPSA) is 79.0 Å². The highest BCUT2D eigenvalue weighted by atomic mass is 35.5. The molecule has 130 valence electrons. The molecule has 1 aliphatic rings. The lowest BCUT2D eigenvalue weighted by atomic mass is 10.1. The van der Waals surface area contributed by atoms with Crippen LogP contribution >= 0.6 is 12.4 Å². The molecule has 0 radical (unpaired) electrons. The van der Waals surface area contributed by atoms with Crippen LogP contribution in [0.15, 0.2) is 18.2 Å². The summed E-state index contributed by atoms with van der Waals surface area (Å²) in [7, 11) is 0. The second-order valence-corrected chi connectivity index (χ2v) is 4.93. The van der Waals surface area contributed by atoms with E-state index >= 15 is 0 Å². The number of H-pyrrole nitrogens is 1. The number of carbonyl (C=O) groups excluding carboxylic acids is 1. The minimum Gasteiger partial charge on any atom is -0.432 e. The summed E-state index contributed by atoms with van der Waals surface area (Å²) in [5.41, 5.74) is 1.70. The molecule has 0 unspecified atom stereocenters. The summed E-state index contributed by atoms with van der Waals surface area (Å²) in [6.45, 7) is -1.87. The van der Waals surface area contributed by atoms with Crippen LogP contribution in [-0.2, 0) is 13.0 Å².